The number of hydrogen-bond acceptors (Lipinski definition) is 2. The lowest BCUT2D eigenvalue weighted by Crippen LogP contribution is -2.17. The fraction of sp³-hybridized carbons (Fsp3) is 0.500. The van der Waals surface area contributed by atoms with Gasteiger partial charge in [-0.05, 0) is 36.0 Å². The number of rotatable bonds is 5. The van der Waals surface area contributed by atoms with E-state index >= 15 is 0 Å². The molecule has 15 heavy (non-hydrogen) atoms. The van der Waals surface area contributed by atoms with Gasteiger partial charge in [-0.2, -0.15) is 0 Å². The van der Waals surface area contributed by atoms with Crippen LogP contribution in [0.5, 0.6) is 5.75 Å². The standard InChI is InChI=1S/C12H20BNO/c1-9(2)5-6-14-8-10-3-4-12(15)11(13)7-10/h3-4,7,9,14-15H,5-6,8,13H2,1-2H3. The van der Waals surface area contributed by atoms with Crippen molar-refractivity contribution in [1.29, 1.82) is 0 Å². The number of benzene rings is 1. The van der Waals surface area contributed by atoms with E-state index in [1.807, 2.05) is 20.0 Å². The first-order chi connectivity index (χ1) is 7.09. The lowest BCUT2D eigenvalue weighted by atomic mass is 9.93. The fourth-order valence-electron chi connectivity index (χ4n) is 1.45. The zero-order chi connectivity index (χ0) is 11.3. The molecule has 82 valence electrons. The molecule has 0 amide bonds. The molecule has 0 bridgehead atoms. The highest BCUT2D eigenvalue weighted by Crippen LogP contribution is 2.06. The second-order valence-corrected chi connectivity index (χ2v) is 4.48. The summed E-state index contributed by atoms with van der Waals surface area (Å²) in [6.45, 7) is 6.39. The van der Waals surface area contributed by atoms with Gasteiger partial charge >= 0.3 is 0 Å². The first-order valence-electron chi connectivity index (χ1n) is 5.59. The van der Waals surface area contributed by atoms with Gasteiger partial charge in [0.15, 0.2) is 0 Å². The van der Waals surface area contributed by atoms with Crippen molar-refractivity contribution in [2.45, 2.75) is 26.8 Å². The van der Waals surface area contributed by atoms with Crippen LogP contribution in [0.4, 0.5) is 0 Å². The minimum Gasteiger partial charge on any atom is -0.509 e. The normalized spacial score (nSPS) is 10.9. The predicted molar refractivity (Wildman–Crippen MR) is 67.4 cm³/mol. The van der Waals surface area contributed by atoms with Gasteiger partial charge in [0, 0.05) is 6.54 Å². The average molecular weight is 205 g/mol. The van der Waals surface area contributed by atoms with Gasteiger partial charge in [-0.15, -0.1) is 0 Å². The molecule has 0 heterocycles. The Kier molecular flexibility index (Phi) is 4.69. The second-order valence-electron chi connectivity index (χ2n) is 4.48. The van der Waals surface area contributed by atoms with Crippen LogP contribution < -0.4 is 10.8 Å². The van der Waals surface area contributed by atoms with E-state index < -0.39 is 0 Å². The van der Waals surface area contributed by atoms with Crippen LogP contribution in [0.3, 0.4) is 0 Å². The third kappa shape index (κ3) is 4.39. The van der Waals surface area contributed by atoms with E-state index in [-0.39, 0.29) is 0 Å². The first-order valence-corrected chi connectivity index (χ1v) is 5.59. The zero-order valence-corrected chi connectivity index (χ0v) is 9.88. The molecular weight excluding hydrogens is 185 g/mol. The maximum atomic E-state index is 9.37. The summed E-state index contributed by atoms with van der Waals surface area (Å²) in [5, 5.41) is 12.8. The summed E-state index contributed by atoms with van der Waals surface area (Å²) in [4.78, 5) is 0. The minimum atomic E-state index is 0.376. The zero-order valence-electron chi connectivity index (χ0n) is 9.88. The molecule has 0 fully saturated rings. The summed E-state index contributed by atoms with van der Waals surface area (Å²) in [6, 6.07) is 5.75. The van der Waals surface area contributed by atoms with Crippen molar-refractivity contribution in [2.24, 2.45) is 5.92 Å². The molecule has 0 saturated heterocycles. The Hall–Kier alpha value is -0.955. The van der Waals surface area contributed by atoms with Crippen molar-refractivity contribution >= 4 is 13.3 Å². The first kappa shape index (κ1) is 12.1. The summed E-state index contributed by atoms with van der Waals surface area (Å²) in [7, 11) is 1.92. The quantitative estimate of drug-likeness (QED) is 0.550. The molecule has 0 aromatic heterocycles. The second kappa shape index (κ2) is 5.81. The Morgan fingerprint density at radius 3 is 2.73 bits per heavy atom. The van der Waals surface area contributed by atoms with Gasteiger partial charge in [0.1, 0.15) is 13.6 Å². The molecule has 1 rings (SSSR count). The third-order valence-corrected chi connectivity index (χ3v) is 2.49. The Morgan fingerprint density at radius 1 is 1.40 bits per heavy atom. The fourth-order valence-corrected chi connectivity index (χ4v) is 1.45. The van der Waals surface area contributed by atoms with Crippen molar-refractivity contribution in [1.82, 2.24) is 5.32 Å². The van der Waals surface area contributed by atoms with Gasteiger partial charge < -0.3 is 10.4 Å². The van der Waals surface area contributed by atoms with E-state index in [0.29, 0.717) is 5.75 Å². The maximum absolute atomic E-state index is 9.37. The number of aromatic hydroxyl groups is 1. The molecule has 0 radical (unpaired) electrons. The molecular formula is C12H20BNO. The Balaban J connectivity index is 2.35. The molecule has 0 aliphatic heterocycles. The van der Waals surface area contributed by atoms with Crippen LogP contribution in [0.25, 0.3) is 0 Å². The molecule has 2 N–H and O–H groups in total. The lowest BCUT2D eigenvalue weighted by Gasteiger charge is -2.08. The van der Waals surface area contributed by atoms with E-state index in [1.54, 1.807) is 6.07 Å². The van der Waals surface area contributed by atoms with Crippen LogP contribution in [-0.4, -0.2) is 19.5 Å². The van der Waals surface area contributed by atoms with Crippen LogP contribution >= 0.6 is 0 Å². The number of hydrogen-bond donors (Lipinski definition) is 2. The Morgan fingerprint density at radius 2 is 2.13 bits per heavy atom. The van der Waals surface area contributed by atoms with Crippen LogP contribution in [-0.2, 0) is 6.54 Å². The van der Waals surface area contributed by atoms with Gasteiger partial charge in [0.2, 0.25) is 0 Å². The highest BCUT2D eigenvalue weighted by Gasteiger charge is 1.98. The predicted octanol–water partition coefficient (Wildman–Crippen LogP) is 0.786. The van der Waals surface area contributed by atoms with Crippen LogP contribution in [0.15, 0.2) is 18.2 Å². The van der Waals surface area contributed by atoms with E-state index in [1.165, 1.54) is 12.0 Å². The number of nitrogens with one attached hydrogen (secondary N) is 1. The van der Waals surface area contributed by atoms with Crippen LogP contribution in [0.2, 0.25) is 0 Å². The minimum absolute atomic E-state index is 0.376. The molecule has 3 heteroatoms. The Labute approximate surface area is 93.1 Å². The molecule has 0 unspecified atom stereocenters. The van der Waals surface area contributed by atoms with Gasteiger partial charge in [0.05, 0.1) is 0 Å². The van der Waals surface area contributed by atoms with Crippen molar-refractivity contribution in [2.75, 3.05) is 6.54 Å². The largest absolute Gasteiger partial charge is 0.509 e. The summed E-state index contributed by atoms with van der Waals surface area (Å²) in [6.07, 6.45) is 1.21. The summed E-state index contributed by atoms with van der Waals surface area (Å²) in [5.74, 6) is 1.12. The van der Waals surface area contributed by atoms with Crippen LogP contribution in [0, 0.1) is 5.92 Å². The van der Waals surface area contributed by atoms with Gasteiger partial charge in [-0.1, -0.05) is 26.0 Å². The third-order valence-electron chi connectivity index (χ3n) is 2.49. The molecule has 0 saturated carbocycles. The van der Waals surface area contributed by atoms with Crippen molar-refractivity contribution in [3.63, 3.8) is 0 Å². The lowest BCUT2D eigenvalue weighted by molar-refractivity contribution is 0.479. The van der Waals surface area contributed by atoms with E-state index in [0.717, 1.165) is 24.5 Å². The van der Waals surface area contributed by atoms with Gasteiger partial charge in [-0.25, -0.2) is 0 Å². The summed E-state index contributed by atoms with van der Waals surface area (Å²) in [5.41, 5.74) is 2.17. The molecule has 2 nitrogen and oxygen atoms in total. The monoisotopic (exact) mass is 205 g/mol. The van der Waals surface area contributed by atoms with E-state index in [9.17, 15) is 5.11 Å². The molecule has 0 spiro atoms. The maximum Gasteiger partial charge on any atom is 0.144 e. The molecule has 0 aliphatic rings. The highest BCUT2D eigenvalue weighted by atomic mass is 16.3. The van der Waals surface area contributed by atoms with Gasteiger partial charge in [0.25, 0.3) is 0 Å². The Bertz CT molecular complexity index is 312. The van der Waals surface area contributed by atoms with Crippen molar-refractivity contribution < 1.29 is 5.11 Å². The van der Waals surface area contributed by atoms with Gasteiger partial charge in [-0.3, -0.25) is 0 Å². The number of phenols is 1. The molecule has 0 atom stereocenters. The van der Waals surface area contributed by atoms with E-state index in [4.69, 9.17) is 0 Å². The smallest absolute Gasteiger partial charge is 0.144 e. The molecule has 0 aliphatic carbocycles. The summed E-state index contributed by atoms with van der Waals surface area (Å²) < 4.78 is 0. The molecule has 1 aromatic carbocycles. The average Bonchev–Trinajstić information content (AvgIpc) is 2.18. The highest BCUT2D eigenvalue weighted by molar-refractivity contribution is 6.34. The van der Waals surface area contributed by atoms with Crippen molar-refractivity contribution in [3.05, 3.63) is 23.8 Å². The summed E-state index contributed by atoms with van der Waals surface area (Å²) >= 11 is 0. The topological polar surface area (TPSA) is 32.3 Å². The number of phenolic OH excluding ortho intramolecular Hbond substituents is 1. The van der Waals surface area contributed by atoms with E-state index in [2.05, 4.69) is 19.2 Å². The van der Waals surface area contributed by atoms with Crippen molar-refractivity contribution in [3.8, 4) is 5.75 Å². The van der Waals surface area contributed by atoms with Crippen LogP contribution in [0.1, 0.15) is 25.8 Å². The molecule has 1 aromatic rings. The SMILES string of the molecule is Bc1cc(CNCCC(C)C)ccc1O.